The van der Waals surface area contributed by atoms with Crippen LogP contribution in [-0.4, -0.2) is 26.3 Å². The predicted octanol–water partition coefficient (Wildman–Crippen LogP) is 4.56. The Hall–Kier alpha value is -1.26. The Kier molecular flexibility index (Phi) is 7.99. The van der Waals surface area contributed by atoms with Gasteiger partial charge in [-0.05, 0) is 47.8 Å². The quantitative estimate of drug-likeness (QED) is 0.763. The van der Waals surface area contributed by atoms with Crippen LogP contribution in [0.2, 0.25) is 0 Å². The number of benzene rings is 1. The zero-order valence-corrected chi connectivity index (χ0v) is 17.9. The summed E-state index contributed by atoms with van der Waals surface area (Å²) in [6.07, 6.45) is 8.50. The number of rotatable bonds is 6. The van der Waals surface area contributed by atoms with Crippen molar-refractivity contribution in [3.8, 4) is 11.5 Å². The van der Waals surface area contributed by atoms with Crippen molar-refractivity contribution >= 4 is 0 Å². The second kappa shape index (κ2) is 9.79. The van der Waals surface area contributed by atoms with E-state index in [0.717, 1.165) is 24.3 Å². The van der Waals surface area contributed by atoms with Crippen molar-refractivity contribution in [3.63, 3.8) is 0 Å². The highest BCUT2D eigenvalue weighted by atomic mass is 16.5. The van der Waals surface area contributed by atoms with E-state index in [4.69, 9.17) is 20.9 Å². The molecule has 3 rings (SSSR count). The van der Waals surface area contributed by atoms with Crippen LogP contribution < -0.4 is 20.9 Å². The molecule has 0 saturated heterocycles. The van der Waals surface area contributed by atoms with Crippen LogP contribution in [0.1, 0.15) is 77.3 Å². The van der Waals surface area contributed by atoms with Crippen molar-refractivity contribution in [2.24, 2.45) is 16.9 Å². The fourth-order valence-corrected chi connectivity index (χ4v) is 4.12. The van der Waals surface area contributed by atoms with Crippen LogP contribution in [0.15, 0.2) is 12.1 Å². The van der Waals surface area contributed by atoms with E-state index in [9.17, 15) is 0 Å². The summed E-state index contributed by atoms with van der Waals surface area (Å²) in [5.41, 5.74) is 14.1. The molecule has 0 spiro atoms. The predicted molar refractivity (Wildman–Crippen MR) is 114 cm³/mol. The van der Waals surface area contributed by atoms with E-state index in [2.05, 4.69) is 39.8 Å². The Bertz CT molecular complexity index is 596. The molecule has 0 amide bonds. The molecule has 4 N–H and O–H groups in total. The highest BCUT2D eigenvalue weighted by Gasteiger charge is 2.29. The van der Waals surface area contributed by atoms with Gasteiger partial charge in [0.2, 0.25) is 0 Å². The van der Waals surface area contributed by atoms with Crippen LogP contribution in [0.3, 0.4) is 0 Å². The van der Waals surface area contributed by atoms with Gasteiger partial charge in [-0.3, -0.25) is 0 Å². The molecule has 27 heavy (non-hydrogen) atoms. The smallest absolute Gasteiger partial charge is 0.123 e. The monoisotopic (exact) mass is 376 g/mol. The molecule has 2 bridgehead atoms. The molecule has 0 saturated carbocycles. The van der Waals surface area contributed by atoms with Crippen molar-refractivity contribution < 1.29 is 9.47 Å². The summed E-state index contributed by atoms with van der Waals surface area (Å²) in [5.74, 6) is 1.94. The van der Waals surface area contributed by atoms with Gasteiger partial charge < -0.3 is 20.9 Å². The normalized spacial score (nSPS) is 19.6. The first-order valence-corrected chi connectivity index (χ1v) is 10.6. The third kappa shape index (κ3) is 6.39. The van der Waals surface area contributed by atoms with E-state index in [1.165, 1.54) is 43.2 Å². The van der Waals surface area contributed by atoms with Gasteiger partial charge in [0, 0.05) is 18.7 Å². The van der Waals surface area contributed by atoms with E-state index in [0.29, 0.717) is 26.3 Å². The topological polar surface area (TPSA) is 70.5 Å². The SMILES string of the molecule is CC1(C)CCCCCCC(C)(C)c2cc(OCCN)c(cc2OCCN)C1. The molecule has 0 unspecified atom stereocenters. The molecule has 4 nitrogen and oxygen atoms in total. The van der Waals surface area contributed by atoms with Crippen LogP contribution >= 0.6 is 0 Å². The lowest BCUT2D eigenvalue weighted by molar-refractivity contribution is 0.291. The zero-order chi connectivity index (χ0) is 19.9. The number of fused-ring (bicyclic) bond motifs is 10. The minimum absolute atomic E-state index is 0.0346. The van der Waals surface area contributed by atoms with Gasteiger partial charge in [-0.1, -0.05) is 53.4 Å². The number of hydrogen-bond acceptors (Lipinski definition) is 4. The Labute approximate surface area is 166 Å². The molecular formula is C23H40N2O2. The fourth-order valence-electron chi connectivity index (χ4n) is 4.12. The summed E-state index contributed by atoms with van der Waals surface area (Å²) in [4.78, 5) is 0. The van der Waals surface area contributed by atoms with Gasteiger partial charge in [-0.2, -0.15) is 0 Å². The van der Waals surface area contributed by atoms with Gasteiger partial charge in [0.1, 0.15) is 24.7 Å². The standard InChI is InChI=1S/C23H40N2O2/c1-22(2)9-7-5-6-8-10-23(3,4)19-16-20(26-13-11-24)18(17-22)15-21(19)27-14-12-25/h15-16H,5-14,17,24-25H2,1-4H3. The Morgan fingerprint density at radius 1 is 0.815 bits per heavy atom. The van der Waals surface area contributed by atoms with Gasteiger partial charge in [-0.25, -0.2) is 0 Å². The first kappa shape index (κ1) is 22.0. The molecule has 0 aromatic heterocycles. The maximum atomic E-state index is 6.11. The summed E-state index contributed by atoms with van der Waals surface area (Å²) in [6, 6.07) is 4.42. The maximum absolute atomic E-state index is 6.11. The van der Waals surface area contributed by atoms with Crippen LogP contribution in [0.5, 0.6) is 11.5 Å². The first-order chi connectivity index (χ1) is 12.8. The minimum atomic E-state index is 0.0346. The third-order valence-electron chi connectivity index (χ3n) is 5.72. The zero-order valence-electron chi connectivity index (χ0n) is 17.9. The highest BCUT2D eigenvalue weighted by molar-refractivity contribution is 5.50. The van der Waals surface area contributed by atoms with Gasteiger partial charge in [0.25, 0.3) is 0 Å². The molecule has 1 aromatic rings. The van der Waals surface area contributed by atoms with E-state index >= 15 is 0 Å². The molecule has 154 valence electrons. The largest absolute Gasteiger partial charge is 0.492 e. The summed E-state index contributed by atoms with van der Waals surface area (Å²) in [7, 11) is 0. The van der Waals surface area contributed by atoms with Crippen LogP contribution in [0.25, 0.3) is 0 Å². The molecule has 0 aliphatic heterocycles. The average molecular weight is 377 g/mol. The molecule has 2 aliphatic rings. The van der Waals surface area contributed by atoms with Crippen molar-refractivity contribution in [3.05, 3.63) is 23.3 Å². The molecule has 0 fully saturated rings. The van der Waals surface area contributed by atoms with Crippen molar-refractivity contribution in [1.29, 1.82) is 0 Å². The second-order valence-electron chi connectivity index (χ2n) is 9.37. The Morgan fingerprint density at radius 2 is 1.41 bits per heavy atom. The summed E-state index contributed by atoms with van der Waals surface area (Å²) in [5, 5.41) is 0. The lowest BCUT2D eigenvalue weighted by atomic mass is 9.78. The van der Waals surface area contributed by atoms with Crippen LogP contribution in [0, 0.1) is 5.41 Å². The van der Waals surface area contributed by atoms with Gasteiger partial charge in [-0.15, -0.1) is 0 Å². The fraction of sp³-hybridized carbons (Fsp3) is 0.739. The maximum Gasteiger partial charge on any atom is 0.123 e. The van der Waals surface area contributed by atoms with E-state index in [1.54, 1.807) is 0 Å². The molecule has 0 radical (unpaired) electrons. The molecule has 1 aromatic carbocycles. The number of nitrogens with two attached hydrogens (primary N) is 2. The van der Waals surface area contributed by atoms with Crippen LogP contribution in [-0.2, 0) is 11.8 Å². The summed E-state index contributed by atoms with van der Waals surface area (Å²) in [6.45, 7) is 11.5. The molecule has 4 heteroatoms. The average Bonchev–Trinajstić information content (AvgIpc) is 2.61. The number of hydrogen-bond donors (Lipinski definition) is 2. The Balaban J connectivity index is 2.53. The van der Waals surface area contributed by atoms with Crippen LogP contribution in [0.4, 0.5) is 0 Å². The van der Waals surface area contributed by atoms with Crippen molar-refractivity contribution in [2.45, 2.75) is 78.1 Å². The third-order valence-corrected chi connectivity index (χ3v) is 5.72. The van der Waals surface area contributed by atoms with E-state index in [1.807, 2.05) is 0 Å². The second-order valence-corrected chi connectivity index (χ2v) is 9.37. The molecule has 2 aliphatic carbocycles. The highest BCUT2D eigenvalue weighted by Crippen LogP contribution is 2.42. The Morgan fingerprint density at radius 3 is 2.04 bits per heavy atom. The van der Waals surface area contributed by atoms with Gasteiger partial charge in [0.05, 0.1) is 0 Å². The van der Waals surface area contributed by atoms with E-state index in [-0.39, 0.29) is 10.8 Å². The number of ether oxygens (including phenoxy) is 2. The van der Waals surface area contributed by atoms with Gasteiger partial charge in [0.15, 0.2) is 0 Å². The minimum Gasteiger partial charge on any atom is -0.492 e. The summed E-state index contributed by atoms with van der Waals surface area (Å²) >= 11 is 0. The lowest BCUT2D eigenvalue weighted by Crippen LogP contribution is -2.22. The molecule has 0 atom stereocenters. The van der Waals surface area contributed by atoms with Crippen molar-refractivity contribution in [1.82, 2.24) is 0 Å². The molecule has 0 heterocycles. The first-order valence-electron chi connectivity index (χ1n) is 10.6. The van der Waals surface area contributed by atoms with Crippen molar-refractivity contribution in [2.75, 3.05) is 26.3 Å². The van der Waals surface area contributed by atoms with E-state index < -0.39 is 0 Å². The lowest BCUT2D eigenvalue weighted by Gasteiger charge is -2.30. The van der Waals surface area contributed by atoms with Gasteiger partial charge >= 0.3 is 0 Å². The molecular weight excluding hydrogens is 336 g/mol. The summed E-state index contributed by atoms with van der Waals surface area (Å²) < 4.78 is 12.2.